The van der Waals surface area contributed by atoms with Crippen LogP contribution in [0.25, 0.3) is 32.9 Å². The van der Waals surface area contributed by atoms with Crippen LogP contribution in [0.3, 0.4) is 0 Å². The summed E-state index contributed by atoms with van der Waals surface area (Å²) in [7, 11) is 1.93. The molecule has 12 heteroatoms. The molecule has 3 aliphatic rings. The van der Waals surface area contributed by atoms with Gasteiger partial charge in [0.15, 0.2) is 5.82 Å². The molecule has 0 aliphatic carbocycles. The van der Waals surface area contributed by atoms with Crippen LogP contribution in [0.4, 0.5) is 19.0 Å². The molecule has 2 saturated heterocycles. The van der Waals surface area contributed by atoms with E-state index in [1.54, 1.807) is 0 Å². The SMILES string of the molecule is C#Cc1c(F)ccc2cc(O)cc(-c3nc4c5c(nc(OC[C@]6(CCC)C/C(=C\F)CN6C)nc5c3F)N3CCCOC[C@H]3CO4)c12.CC.[HH]. The van der Waals surface area contributed by atoms with Crippen LogP contribution in [0.1, 0.15) is 53.4 Å². The molecule has 2 aromatic heterocycles. The number of phenols is 1. The van der Waals surface area contributed by atoms with Crippen molar-refractivity contribution in [2.45, 2.75) is 58.0 Å². The zero-order chi connectivity index (χ0) is 34.9. The fourth-order valence-electron chi connectivity index (χ4n) is 7.17. The highest BCUT2D eigenvalue weighted by atomic mass is 19.1. The van der Waals surface area contributed by atoms with Crippen molar-refractivity contribution in [3.8, 4) is 41.2 Å². The van der Waals surface area contributed by atoms with Gasteiger partial charge in [-0.2, -0.15) is 9.97 Å². The molecule has 9 nitrogen and oxygen atoms in total. The number of hydrogen-bond donors (Lipinski definition) is 1. The number of terminal acetylenes is 1. The quantitative estimate of drug-likeness (QED) is 0.213. The highest BCUT2D eigenvalue weighted by Gasteiger charge is 2.42. The van der Waals surface area contributed by atoms with Crippen molar-refractivity contribution in [1.82, 2.24) is 19.9 Å². The van der Waals surface area contributed by atoms with Gasteiger partial charge >= 0.3 is 6.01 Å². The van der Waals surface area contributed by atoms with Crippen LogP contribution in [0.5, 0.6) is 17.6 Å². The van der Waals surface area contributed by atoms with E-state index in [-0.39, 0.29) is 71.4 Å². The largest absolute Gasteiger partial charge is 0.508 e. The van der Waals surface area contributed by atoms with Gasteiger partial charge in [0, 0.05) is 32.1 Å². The summed E-state index contributed by atoms with van der Waals surface area (Å²) < 4.78 is 63.9. The fourth-order valence-corrected chi connectivity index (χ4v) is 7.17. The number of ether oxygens (including phenoxy) is 3. The molecule has 0 unspecified atom stereocenters. The molecule has 0 saturated carbocycles. The first-order valence-electron chi connectivity index (χ1n) is 16.7. The van der Waals surface area contributed by atoms with Crippen LogP contribution in [0, 0.1) is 24.0 Å². The third-order valence-corrected chi connectivity index (χ3v) is 9.43. The molecular formula is C37H42F3N5O4. The second-order valence-electron chi connectivity index (χ2n) is 12.4. The molecule has 0 radical (unpaired) electrons. The molecule has 5 heterocycles. The fraction of sp³-hybridized carbons (Fsp3) is 0.432. The van der Waals surface area contributed by atoms with Crippen molar-refractivity contribution in [2.75, 3.05) is 51.5 Å². The molecule has 7 rings (SSSR count). The lowest BCUT2D eigenvalue weighted by Crippen LogP contribution is -2.46. The summed E-state index contributed by atoms with van der Waals surface area (Å²) in [6.45, 7) is 8.33. The number of anilines is 1. The number of aromatic nitrogens is 3. The highest BCUT2D eigenvalue weighted by Crippen LogP contribution is 2.44. The van der Waals surface area contributed by atoms with E-state index in [9.17, 15) is 13.9 Å². The minimum absolute atomic E-state index is 0. The molecule has 49 heavy (non-hydrogen) atoms. The Morgan fingerprint density at radius 1 is 1.18 bits per heavy atom. The Balaban J connectivity index is 0.00000159. The molecule has 0 amide bonds. The zero-order valence-corrected chi connectivity index (χ0v) is 28.2. The standard InChI is InChI=1S/C35H34F3N5O4.C2H6.H2/c1-4-9-35(14-20(15-36)16-42(35)3)19-47-34-40-31-28-32(41-34)43-10-6-11-45-17-22(43)18-46-33(28)39-30(29(31)38)25-13-23(44)12-21-7-8-26(37)24(5-2)27(21)25;1-2;/h2,7-8,12-13,15,22,44H,4,6,9-11,14,16-19H2,1,3H3;1-2H3;1H/b20-15+;;/t22-,35-;;/m0../s1. The summed E-state index contributed by atoms with van der Waals surface area (Å²) in [6, 6.07) is 5.07. The number of phenolic OH excluding ortho intramolecular Hbond substituents is 1. The molecule has 260 valence electrons. The van der Waals surface area contributed by atoms with Gasteiger partial charge < -0.3 is 24.2 Å². The van der Waals surface area contributed by atoms with E-state index < -0.39 is 17.2 Å². The van der Waals surface area contributed by atoms with Crippen molar-refractivity contribution in [3.63, 3.8) is 0 Å². The van der Waals surface area contributed by atoms with E-state index in [4.69, 9.17) is 25.6 Å². The minimum atomic E-state index is -0.839. The zero-order valence-electron chi connectivity index (χ0n) is 28.2. The van der Waals surface area contributed by atoms with Gasteiger partial charge in [0.05, 0.1) is 30.1 Å². The van der Waals surface area contributed by atoms with Crippen LogP contribution in [0.15, 0.2) is 36.2 Å². The molecule has 4 aromatic rings. The number of fused-ring (bicyclic) bond motifs is 3. The average Bonchev–Trinajstić information content (AvgIpc) is 3.22. The first kappa shape index (κ1) is 34.3. The first-order chi connectivity index (χ1) is 23.8. The van der Waals surface area contributed by atoms with Crippen molar-refractivity contribution < 1.29 is 33.9 Å². The molecule has 0 bridgehead atoms. The van der Waals surface area contributed by atoms with Crippen LogP contribution < -0.4 is 14.4 Å². The van der Waals surface area contributed by atoms with Gasteiger partial charge in [0.1, 0.15) is 47.2 Å². The maximum atomic E-state index is 17.0. The van der Waals surface area contributed by atoms with Crippen LogP contribution >= 0.6 is 0 Å². The van der Waals surface area contributed by atoms with Gasteiger partial charge in [-0.3, -0.25) is 4.90 Å². The summed E-state index contributed by atoms with van der Waals surface area (Å²) in [6.07, 6.45) is 9.14. The molecular weight excluding hydrogens is 635 g/mol. The average molecular weight is 678 g/mol. The van der Waals surface area contributed by atoms with E-state index in [0.717, 1.165) is 12.8 Å². The Bertz CT molecular complexity index is 1970. The number of halogens is 3. The number of rotatable bonds is 6. The molecule has 3 aliphatic heterocycles. The van der Waals surface area contributed by atoms with Gasteiger partial charge in [-0.1, -0.05) is 39.2 Å². The van der Waals surface area contributed by atoms with E-state index in [1.165, 1.54) is 24.3 Å². The monoisotopic (exact) mass is 677 g/mol. The summed E-state index contributed by atoms with van der Waals surface area (Å²) in [4.78, 5) is 18.1. The smallest absolute Gasteiger partial charge is 0.319 e. The third-order valence-electron chi connectivity index (χ3n) is 9.43. The first-order valence-corrected chi connectivity index (χ1v) is 16.7. The normalized spacial score (nSPS) is 21.4. The molecule has 1 N–H and O–H groups in total. The maximum absolute atomic E-state index is 17.0. The summed E-state index contributed by atoms with van der Waals surface area (Å²) >= 11 is 0. The summed E-state index contributed by atoms with van der Waals surface area (Å²) in [5.41, 5.74) is -0.171. The van der Waals surface area contributed by atoms with Gasteiger partial charge in [-0.15, -0.1) is 6.42 Å². The topological polar surface area (TPSA) is 93.1 Å². The lowest BCUT2D eigenvalue weighted by atomic mass is 9.91. The number of nitrogens with zero attached hydrogens (tertiary/aromatic N) is 5. The second kappa shape index (κ2) is 14.1. The van der Waals surface area contributed by atoms with E-state index in [2.05, 4.69) is 27.7 Å². The summed E-state index contributed by atoms with van der Waals surface area (Å²) in [5.74, 6) is 1.15. The lowest BCUT2D eigenvalue weighted by Gasteiger charge is -2.35. The van der Waals surface area contributed by atoms with Crippen molar-refractivity contribution in [3.05, 3.63) is 53.4 Å². The van der Waals surface area contributed by atoms with Gasteiger partial charge in [-0.25, -0.2) is 18.2 Å². The Morgan fingerprint density at radius 2 is 2.00 bits per heavy atom. The van der Waals surface area contributed by atoms with E-state index in [1.807, 2.05) is 25.8 Å². The van der Waals surface area contributed by atoms with Gasteiger partial charge in [-0.05, 0) is 55.5 Å². The second-order valence-corrected chi connectivity index (χ2v) is 12.4. The van der Waals surface area contributed by atoms with Crippen LogP contribution in [0.2, 0.25) is 0 Å². The molecule has 2 fully saturated rings. The lowest BCUT2D eigenvalue weighted by molar-refractivity contribution is 0.0829. The van der Waals surface area contributed by atoms with Crippen molar-refractivity contribution in [2.24, 2.45) is 0 Å². The number of aromatic hydroxyl groups is 1. The predicted molar refractivity (Wildman–Crippen MR) is 185 cm³/mol. The molecule has 2 atom stereocenters. The van der Waals surface area contributed by atoms with E-state index in [0.29, 0.717) is 62.3 Å². The maximum Gasteiger partial charge on any atom is 0.319 e. The number of likely N-dealkylation sites (N-methyl/N-ethyl adjacent to an activating group) is 1. The van der Waals surface area contributed by atoms with Crippen LogP contribution in [-0.4, -0.2) is 83.1 Å². The summed E-state index contributed by atoms with van der Waals surface area (Å²) in [5, 5.41) is 11.5. The Hall–Kier alpha value is -4.60. The number of pyridine rings is 1. The molecule has 2 aromatic carbocycles. The molecule has 0 spiro atoms. The third kappa shape index (κ3) is 6.10. The highest BCUT2D eigenvalue weighted by molar-refractivity contribution is 6.04. The minimum Gasteiger partial charge on any atom is -0.508 e. The Morgan fingerprint density at radius 3 is 2.73 bits per heavy atom. The predicted octanol–water partition coefficient (Wildman–Crippen LogP) is 7.18. The van der Waals surface area contributed by atoms with E-state index >= 15 is 4.39 Å². The Kier molecular flexibility index (Phi) is 9.86. The van der Waals surface area contributed by atoms with Gasteiger partial charge in [0.25, 0.3) is 0 Å². The van der Waals surface area contributed by atoms with Crippen LogP contribution in [-0.2, 0) is 4.74 Å². The Labute approximate surface area is 285 Å². The number of benzene rings is 2. The van der Waals surface area contributed by atoms with Crippen molar-refractivity contribution in [1.29, 1.82) is 0 Å². The van der Waals surface area contributed by atoms with Crippen molar-refractivity contribution >= 4 is 27.5 Å². The number of likely N-dealkylation sites (tertiary alicyclic amines) is 1. The van der Waals surface area contributed by atoms with Gasteiger partial charge in [0.2, 0.25) is 5.88 Å². The number of hydrogen-bond acceptors (Lipinski definition) is 9.